The highest BCUT2D eigenvalue weighted by molar-refractivity contribution is 6.02. The molecule has 2 aliphatic rings. The van der Waals surface area contributed by atoms with Crippen LogP contribution in [0.25, 0.3) is 0 Å². The van der Waals surface area contributed by atoms with Crippen LogP contribution < -0.4 is 0 Å². The van der Waals surface area contributed by atoms with Crippen LogP contribution in [-0.4, -0.2) is 16.4 Å². The number of aromatic hydroxyl groups is 1. The maximum atomic E-state index is 10.8. The fraction of sp³-hybridized carbons (Fsp3) is 0.650. The van der Waals surface area contributed by atoms with E-state index in [0.29, 0.717) is 5.75 Å². The highest BCUT2D eigenvalue weighted by Gasteiger charge is 2.45. The normalized spacial score (nSPS) is 20.2. The molecule has 3 heteroatoms. The van der Waals surface area contributed by atoms with Gasteiger partial charge in [-0.15, -0.1) is 0 Å². The molecule has 0 radical (unpaired) electrons. The second-order valence-electron chi connectivity index (χ2n) is 9.26. The summed E-state index contributed by atoms with van der Waals surface area (Å²) in [6.07, 6.45) is 4.34. The molecule has 1 N–H and O–H groups in total. The van der Waals surface area contributed by atoms with Gasteiger partial charge in [-0.3, -0.25) is 0 Å². The van der Waals surface area contributed by atoms with Crippen molar-refractivity contribution in [2.45, 2.75) is 83.7 Å². The predicted molar refractivity (Wildman–Crippen MR) is 94.3 cm³/mol. The maximum Gasteiger partial charge on any atom is 0.143 e. The van der Waals surface area contributed by atoms with Gasteiger partial charge in [0.1, 0.15) is 11.4 Å². The molecular formula is C20H29NO2. The first-order chi connectivity index (χ1) is 10.5. The van der Waals surface area contributed by atoms with Crippen LogP contribution in [0, 0.1) is 0 Å². The number of benzene rings is 1. The Kier molecular flexibility index (Phi) is 3.55. The molecule has 0 bridgehead atoms. The molecule has 1 fully saturated rings. The Morgan fingerprint density at radius 3 is 1.87 bits per heavy atom. The summed E-state index contributed by atoms with van der Waals surface area (Å²) in [7, 11) is 0. The quantitative estimate of drug-likeness (QED) is 0.789. The van der Waals surface area contributed by atoms with E-state index in [4.69, 9.17) is 4.84 Å². The molecule has 1 saturated carbocycles. The summed E-state index contributed by atoms with van der Waals surface area (Å²) in [6, 6.07) is 4.20. The summed E-state index contributed by atoms with van der Waals surface area (Å²) in [6.45, 7) is 12.8. The van der Waals surface area contributed by atoms with E-state index in [1.165, 1.54) is 6.42 Å². The molecule has 0 atom stereocenters. The van der Waals surface area contributed by atoms with Crippen LogP contribution in [0.5, 0.6) is 5.75 Å². The number of hydrogen-bond acceptors (Lipinski definition) is 3. The van der Waals surface area contributed by atoms with E-state index in [9.17, 15) is 5.11 Å². The number of hydrogen-bond donors (Lipinski definition) is 1. The van der Waals surface area contributed by atoms with Crippen molar-refractivity contribution in [1.82, 2.24) is 0 Å². The lowest BCUT2D eigenvalue weighted by molar-refractivity contribution is -0.0755. The fourth-order valence-electron chi connectivity index (χ4n) is 3.46. The fourth-order valence-corrected chi connectivity index (χ4v) is 3.46. The van der Waals surface area contributed by atoms with Gasteiger partial charge in [0.25, 0.3) is 0 Å². The van der Waals surface area contributed by atoms with Gasteiger partial charge in [0, 0.05) is 23.1 Å². The Bertz CT molecular complexity index is 620. The van der Waals surface area contributed by atoms with Gasteiger partial charge < -0.3 is 9.94 Å². The Labute approximate surface area is 139 Å². The van der Waals surface area contributed by atoms with Crippen molar-refractivity contribution in [3.63, 3.8) is 0 Å². The van der Waals surface area contributed by atoms with Crippen LogP contribution >= 0.6 is 0 Å². The van der Waals surface area contributed by atoms with Gasteiger partial charge in [-0.25, -0.2) is 0 Å². The Balaban J connectivity index is 2.07. The molecule has 3 rings (SSSR count). The highest BCUT2D eigenvalue weighted by Crippen LogP contribution is 2.45. The van der Waals surface area contributed by atoms with Crippen LogP contribution in [-0.2, 0) is 15.7 Å². The van der Waals surface area contributed by atoms with Gasteiger partial charge in [0.2, 0.25) is 0 Å². The number of nitrogens with zero attached hydrogens (tertiary/aromatic N) is 1. The number of rotatable bonds is 1. The van der Waals surface area contributed by atoms with E-state index in [1.807, 2.05) is 0 Å². The van der Waals surface area contributed by atoms with Crippen LogP contribution in [0.3, 0.4) is 0 Å². The van der Waals surface area contributed by atoms with Gasteiger partial charge >= 0.3 is 0 Å². The van der Waals surface area contributed by atoms with E-state index in [-0.39, 0.29) is 16.4 Å². The predicted octanol–water partition coefficient (Wildman–Crippen LogP) is 5.03. The highest BCUT2D eigenvalue weighted by atomic mass is 16.7. The lowest BCUT2D eigenvalue weighted by Crippen LogP contribution is -2.37. The third-order valence-corrected chi connectivity index (χ3v) is 5.16. The van der Waals surface area contributed by atoms with E-state index in [0.717, 1.165) is 41.7 Å². The molecule has 1 aliphatic heterocycles. The van der Waals surface area contributed by atoms with E-state index in [1.54, 1.807) is 0 Å². The minimum Gasteiger partial charge on any atom is -0.507 e. The van der Waals surface area contributed by atoms with Crippen molar-refractivity contribution in [1.29, 1.82) is 0 Å². The van der Waals surface area contributed by atoms with Crippen molar-refractivity contribution in [2.24, 2.45) is 5.16 Å². The smallest absolute Gasteiger partial charge is 0.143 e. The van der Waals surface area contributed by atoms with E-state index in [2.05, 4.69) is 58.8 Å². The summed E-state index contributed by atoms with van der Waals surface area (Å²) in [5, 5.41) is 15.2. The Hall–Kier alpha value is -1.51. The SMILES string of the molecule is CC(C)(C)c1cc(C2=NOC3(CCC3)C2)cc(C(C)(C)C)c1O. The molecule has 1 aromatic carbocycles. The molecule has 1 aliphatic carbocycles. The molecule has 126 valence electrons. The zero-order chi connectivity index (χ0) is 17.0. The summed E-state index contributed by atoms with van der Waals surface area (Å²) in [5.74, 6) is 0.423. The molecule has 23 heavy (non-hydrogen) atoms. The van der Waals surface area contributed by atoms with Gasteiger partial charge in [-0.05, 0) is 42.2 Å². The second-order valence-corrected chi connectivity index (χ2v) is 9.26. The zero-order valence-electron chi connectivity index (χ0n) is 15.3. The molecule has 0 unspecified atom stereocenters. The maximum absolute atomic E-state index is 10.8. The summed E-state index contributed by atoms with van der Waals surface area (Å²) < 4.78 is 0. The van der Waals surface area contributed by atoms with Crippen molar-refractivity contribution >= 4 is 5.71 Å². The molecule has 1 spiro atoms. The van der Waals surface area contributed by atoms with Gasteiger partial charge in [0.15, 0.2) is 0 Å². The lowest BCUT2D eigenvalue weighted by Gasteiger charge is -2.34. The summed E-state index contributed by atoms with van der Waals surface area (Å²) in [5.41, 5.74) is 3.83. The average molecular weight is 315 g/mol. The second kappa shape index (κ2) is 4.99. The average Bonchev–Trinajstić information content (AvgIpc) is 2.81. The first kappa shape index (κ1) is 16.4. The Morgan fingerprint density at radius 2 is 1.52 bits per heavy atom. The largest absolute Gasteiger partial charge is 0.507 e. The molecule has 1 heterocycles. The number of oxime groups is 1. The molecule has 0 saturated heterocycles. The van der Waals surface area contributed by atoms with Crippen molar-refractivity contribution in [3.8, 4) is 5.75 Å². The summed E-state index contributed by atoms with van der Waals surface area (Å²) in [4.78, 5) is 5.75. The standard InChI is InChI=1S/C20H29NO2/c1-18(2,3)14-10-13(11-15(17(14)22)19(4,5)6)16-12-20(23-21-16)8-7-9-20/h10-11,22H,7-9,12H2,1-6H3. The first-order valence-corrected chi connectivity index (χ1v) is 8.65. The third-order valence-electron chi connectivity index (χ3n) is 5.16. The van der Waals surface area contributed by atoms with Crippen molar-refractivity contribution in [2.75, 3.05) is 0 Å². The molecule has 1 aromatic rings. The molecular weight excluding hydrogens is 286 g/mol. The van der Waals surface area contributed by atoms with Gasteiger partial charge in [0.05, 0.1) is 5.71 Å². The van der Waals surface area contributed by atoms with Crippen LogP contribution in [0.2, 0.25) is 0 Å². The van der Waals surface area contributed by atoms with Crippen LogP contribution in [0.1, 0.15) is 83.9 Å². The topological polar surface area (TPSA) is 41.8 Å². The third kappa shape index (κ3) is 2.86. The van der Waals surface area contributed by atoms with Crippen molar-refractivity contribution in [3.05, 3.63) is 28.8 Å². The van der Waals surface area contributed by atoms with Crippen LogP contribution in [0.4, 0.5) is 0 Å². The van der Waals surface area contributed by atoms with Gasteiger partial charge in [-0.1, -0.05) is 46.7 Å². The molecule has 0 aromatic heterocycles. The lowest BCUT2D eigenvalue weighted by atomic mass is 9.74. The first-order valence-electron chi connectivity index (χ1n) is 8.65. The van der Waals surface area contributed by atoms with Crippen LogP contribution in [0.15, 0.2) is 17.3 Å². The zero-order valence-corrected chi connectivity index (χ0v) is 15.3. The van der Waals surface area contributed by atoms with Crippen molar-refractivity contribution < 1.29 is 9.94 Å². The van der Waals surface area contributed by atoms with Gasteiger partial charge in [-0.2, -0.15) is 0 Å². The minimum absolute atomic E-state index is 0.0307. The molecule has 0 amide bonds. The van der Waals surface area contributed by atoms with E-state index >= 15 is 0 Å². The number of phenolic OH excluding ortho intramolecular Hbond substituents is 1. The summed E-state index contributed by atoms with van der Waals surface area (Å²) >= 11 is 0. The molecule has 3 nitrogen and oxygen atoms in total. The van der Waals surface area contributed by atoms with E-state index < -0.39 is 0 Å². The minimum atomic E-state index is -0.117. The monoisotopic (exact) mass is 315 g/mol. The number of phenols is 1. The Morgan fingerprint density at radius 1 is 1.00 bits per heavy atom.